The van der Waals surface area contributed by atoms with Gasteiger partial charge in [-0.2, -0.15) is 0 Å². The van der Waals surface area contributed by atoms with E-state index in [0.29, 0.717) is 25.2 Å². The maximum absolute atomic E-state index is 12.5. The van der Waals surface area contributed by atoms with E-state index >= 15 is 0 Å². The molecule has 0 unspecified atom stereocenters. The number of amides is 2. The molecule has 1 saturated heterocycles. The average molecular weight is 339 g/mol. The number of aliphatic carboxylic acids is 1. The number of hydrogen-bond donors (Lipinski definition) is 2. The van der Waals surface area contributed by atoms with Gasteiger partial charge in [0.2, 0.25) is 0 Å². The minimum Gasteiger partial charge on any atom is -0.481 e. The Morgan fingerprint density at radius 1 is 1.50 bits per heavy atom. The summed E-state index contributed by atoms with van der Waals surface area (Å²) in [5.74, 6) is -0.176. The van der Waals surface area contributed by atoms with E-state index in [9.17, 15) is 9.59 Å². The summed E-state index contributed by atoms with van der Waals surface area (Å²) < 4.78 is 7.18. The van der Waals surface area contributed by atoms with Gasteiger partial charge in [0.25, 0.3) is 0 Å². The number of likely N-dealkylation sites (tertiary alicyclic amines) is 1. The van der Waals surface area contributed by atoms with Crippen molar-refractivity contribution in [1.82, 2.24) is 25.0 Å². The number of ether oxygens (including phenoxy) is 1. The highest BCUT2D eigenvalue weighted by Crippen LogP contribution is 2.32. The lowest BCUT2D eigenvalue weighted by Gasteiger charge is -2.25. The molecule has 134 valence electrons. The summed E-state index contributed by atoms with van der Waals surface area (Å²) in [5.41, 5.74) is -0.879. The van der Waals surface area contributed by atoms with Crippen molar-refractivity contribution in [3.05, 3.63) is 12.2 Å². The van der Waals surface area contributed by atoms with Crippen LogP contribution in [0.4, 0.5) is 4.79 Å². The van der Waals surface area contributed by atoms with Gasteiger partial charge in [0.15, 0.2) is 5.82 Å². The lowest BCUT2D eigenvalue weighted by Crippen LogP contribution is -2.42. The first kappa shape index (κ1) is 18.2. The fourth-order valence-electron chi connectivity index (χ4n) is 2.72. The van der Waals surface area contributed by atoms with Crippen LogP contribution in [0.1, 0.15) is 38.6 Å². The van der Waals surface area contributed by atoms with Crippen molar-refractivity contribution in [3.8, 4) is 0 Å². The highest BCUT2D eigenvalue weighted by molar-refractivity contribution is 5.76. The maximum Gasteiger partial charge on any atom is 0.318 e. The number of nitrogens with zero attached hydrogens (tertiary/aromatic N) is 4. The number of hydrogen-bond acceptors (Lipinski definition) is 5. The summed E-state index contributed by atoms with van der Waals surface area (Å²) in [6.45, 7) is 4.03. The molecule has 0 bridgehead atoms. The predicted octanol–water partition coefficient (Wildman–Crippen LogP) is 0.787. The number of aromatic nitrogens is 3. The van der Waals surface area contributed by atoms with Gasteiger partial charge in [-0.15, -0.1) is 10.2 Å². The second-order valence-electron chi connectivity index (χ2n) is 6.73. The first-order chi connectivity index (χ1) is 11.3. The predicted molar refractivity (Wildman–Crippen MR) is 85.3 cm³/mol. The molecule has 0 spiro atoms. The summed E-state index contributed by atoms with van der Waals surface area (Å²) in [4.78, 5) is 25.3. The second-order valence-corrected chi connectivity index (χ2v) is 6.73. The SMILES string of the molecule is CO[C@@H]1C[C@@H](c2nncn2C)N(C(=O)NCCC(C)(C)C(=O)O)C1. The second kappa shape index (κ2) is 7.16. The number of urea groups is 1. The Morgan fingerprint density at radius 3 is 2.75 bits per heavy atom. The zero-order valence-electron chi connectivity index (χ0n) is 14.5. The molecule has 2 heterocycles. The van der Waals surface area contributed by atoms with Crippen LogP contribution in [0.25, 0.3) is 0 Å². The van der Waals surface area contributed by atoms with Crippen molar-refractivity contribution in [2.24, 2.45) is 12.5 Å². The van der Waals surface area contributed by atoms with Gasteiger partial charge in [0.1, 0.15) is 6.33 Å². The van der Waals surface area contributed by atoms with Crippen LogP contribution in [0, 0.1) is 5.41 Å². The molecule has 2 N–H and O–H groups in total. The smallest absolute Gasteiger partial charge is 0.318 e. The molecular weight excluding hydrogens is 314 g/mol. The minimum absolute atomic E-state index is 0.0621. The number of carbonyl (C=O) groups excluding carboxylic acids is 1. The van der Waals surface area contributed by atoms with Gasteiger partial charge in [-0.25, -0.2) is 4.79 Å². The van der Waals surface area contributed by atoms with Crippen LogP contribution in [-0.4, -0.2) is 63.1 Å². The fourth-order valence-corrected chi connectivity index (χ4v) is 2.72. The van der Waals surface area contributed by atoms with Crippen molar-refractivity contribution in [3.63, 3.8) is 0 Å². The Kier molecular flexibility index (Phi) is 5.43. The molecule has 2 amide bonds. The largest absolute Gasteiger partial charge is 0.481 e. The van der Waals surface area contributed by atoms with Gasteiger partial charge in [0.05, 0.1) is 17.6 Å². The molecule has 9 nitrogen and oxygen atoms in total. The molecule has 1 fully saturated rings. The minimum atomic E-state index is -0.880. The molecular formula is C15H25N5O4. The highest BCUT2D eigenvalue weighted by atomic mass is 16.5. The third-order valence-electron chi connectivity index (χ3n) is 4.51. The van der Waals surface area contributed by atoms with Crippen molar-refractivity contribution in [2.45, 2.75) is 38.8 Å². The zero-order valence-corrected chi connectivity index (χ0v) is 14.5. The normalized spacial score (nSPS) is 21.1. The summed E-state index contributed by atoms with van der Waals surface area (Å²) in [6, 6.07) is -0.460. The average Bonchev–Trinajstić information content (AvgIpc) is 3.12. The van der Waals surface area contributed by atoms with Crippen LogP contribution >= 0.6 is 0 Å². The quantitative estimate of drug-likeness (QED) is 0.793. The lowest BCUT2D eigenvalue weighted by molar-refractivity contribution is -0.147. The Balaban J connectivity index is 2.01. The first-order valence-corrected chi connectivity index (χ1v) is 7.91. The van der Waals surface area contributed by atoms with Crippen LogP contribution in [0.3, 0.4) is 0 Å². The maximum atomic E-state index is 12.5. The molecule has 0 aromatic carbocycles. The molecule has 1 aromatic rings. The van der Waals surface area contributed by atoms with E-state index in [1.54, 1.807) is 36.8 Å². The van der Waals surface area contributed by atoms with Gasteiger partial charge in [-0.3, -0.25) is 4.79 Å². The zero-order chi connectivity index (χ0) is 17.9. The van der Waals surface area contributed by atoms with Crippen LogP contribution in [0.15, 0.2) is 6.33 Å². The van der Waals surface area contributed by atoms with Gasteiger partial charge in [-0.05, 0) is 20.3 Å². The highest BCUT2D eigenvalue weighted by Gasteiger charge is 2.39. The Hall–Kier alpha value is -2.16. The van der Waals surface area contributed by atoms with Crippen molar-refractivity contribution < 1.29 is 19.4 Å². The summed E-state index contributed by atoms with van der Waals surface area (Å²) in [6.07, 6.45) is 2.54. The Morgan fingerprint density at radius 2 is 2.21 bits per heavy atom. The number of carboxylic acid groups (broad SMARTS) is 1. The monoisotopic (exact) mass is 339 g/mol. The summed E-state index contributed by atoms with van der Waals surface area (Å²) in [5, 5.41) is 19.9. The van der Waals surface area contributed by atoms with E-state index < -0.39 is 11.4 Å². The van der Waals surface area contributed by atoms with E-state index in [2.05, 4.69) is 15.5 Å². The summed E-state index contributed by atoms with van der Waals surface area (Å²) in [7, 11) is 3.45. The number of carbonyl (C=O) groups is 2. The number of aryl methyl sites for hydroxylation is 1. The molecule has 1 aromatic heterocycles. The number of carboxylic acids is 1. The van der Waals surface area contributed by atoms with E-state index in [-0.39, 0.29) is 24.7 Å². The number of rotatable bonds is 6. The standard InChI is InChI=1S/C15H25N5O4/c1-15(2,13(21)22)5-6-16-14(23)20-8-10(24-4)7-11(20)12-18-17-9-19(12)3/h9-11H,5-8H2,1-4H3,(H,16,23)(H,21,22)/t10-,11+/m1/s1. The van der Waals surface area contributed by atoms with E-state index in [4.69, 9.17) is 9.84 Å². The molecule has 0 saturated carbocycles. The van der Waals surface area contributed by atoms with Gasteiger partial charge in [0, 0.05) is 33.7 Å². The number of nitrogens with one attached hydrogen (secondary N) is 1. The van der Waals surface area contributed by atoms with Gasteiger partial charge in [-0.1, -0.05) is 0 Å². The lowest BCUT2D eigenvalue weighted by atomic mass is 9.90. The third-order valence-corrected chi connectivity index (χ3v) is 4.51. The molecule has 24 heavy (non-hydrogen) atoms. The van der Waals surface area contributed by atoms with Crippen LogP contribution in [-0.2, 0) is 16.6 Å². The van der Waals surface area contributed by atoms with Crippen LogP contribution in [0.5, 0.6) is 0 Å². The first-order valence-electron chi connectivity index (χ1n) is 7.91. The van der Waals surface area contributed by atoms with E-state index in [1.165, 1.54) is 0 Å². The van der Waals surface area contributed by atoms with Gasteiger partial charge < -0.3 is 24.6 Å². The topological polar surface area (TPSA) is 110 Å². The van der Waals surface area contributed by atoms with Gasteiger partial charge >= 0.3 is 12.0 Å². The molecule has 1 aliphatic heterocycles. The van der Waals surface area contributed by atoms with E-state index in [0.717, 1.165) is 0 Å². The van der Waals surface area contributed by atoms with Crippen molar-refractivity contribution in [2.75, 3.05) is 20.2 Å². The molecule has 0 aliphatic carbocycles. The molecule has 0 radical (unpaired) electrons. The molecule has 1 aliphatic rings. The molecule has 2 rings (SSSR count). The Labute approximate surface area is 141 Å². The Bertz CT molecular complexity index is 600. The van der Waals surface area contributed by atoms with E-state index in [1.807, 2.05) is 7.05 Å². The van der Waals surface area contributed by atoms with Crippen molar-refractivity contribution in [1.29, 1.82) is 0 Å². The van der Waals surface area contributed by atoms with Crippen LogP contribution in [0.2, 0.25) is 0 Å². The van der Waals surface area contributed by atoms with Crippen LogP contribution < -0.4 is 5.32 Å². The molecule has 9 heteroatoms. The summed E-state index contributed by atoms with van der Waals surface area (Å²) >= 11 is 0. The molecule has 2 atom stereocenters. The third kappa shape index (κ3) is 3.84. The number of methoxy groups -OCH3 is 1. The van der Waals surface area contributed by atoms with Crippen molar-refractivity contribution >= 4 is 12.0 Å². The fraction of sp³-hybridized carbons (Fsp3) is 0.733.